The minimum atomic E-state index is -0.133. The molecule has 26 heavy (non-hydrogen) atoms. The summed E-state index contributed by atoms with van der Waals surface area (Å²) >= 11 is 0. The number of para-hydroxylation sites is 2. The zero-order chi connectivity index (χ0) is 17.8. The standard InChI is InChI=1S/C23H30N2O/c26-23(19-11-15-24(16-12-19)21-7-3-1-4-8-21)20-13-17-25(18-14-20)22-9-5-2-6-10-22/h1-10,19-20,23,26H,11-18H2. The van der Waals surface area contributed by atoms with Gasteiger partial charge in [0.1, 0.15) is 0 Å². The lowest BCUT2D eigenvalue weighted by Crippen LogP contribution is -2.44. The van der Waals surface area contributed by atoms with Crippen molar-refractivity contribution in [3.05, 3.63) is 60.7 Å². The quantitative estimate of drug-likeness (QED) is 0.896. The van der Waals surface area contributed by atoms with Gasteiger partial charge >= 0.3 is 0 Å². The van der Waals surface area contributed by atoms with E-state index in [1.807, 2.05) is 0 Å². The lowest BCUT2D eigenvalue weighted by atomic mass is 9.80. The SMILES string of the molecule is OC(C1CCN(c2ccccc2)CC1)C1CCN(c2ccccc2)CC1. The zero-order valence-electron chi connectivity index (χ0n) is 15.5. The molecule has 0 unspecified atom stereocenters. The summed E-state index contributed by atoms with van der Waals surface area (Å²) in [6, 6.07) is 21.3. The molecular formula is C23H30N2O. The maximum absolute atomic E-state index is 11.0. The molecule has 2 aliphatic heterocycles. The fraction of sp³-hybridized carbons (Fsp3) is 0.478. The Bertz CT molecular complexity index is 600. The molecule has 2 aromatic carbocycles. The van der Waals surface area contributed by atoms with E-state index in [4.69, 9.17) is 0 Å². The van der Waals surface area contributed by atoms with Crippen molar-refractivity contribution in [2.45, 2.75) is 31.8 Å². The number of piperidine rings is 2. The van der Waals surface area contributed by atoms with Gasteiger partial charge in [0, 0.05) is 37.6 Å². The molecule has 0 amide bonds. The van der Waals surface area contributed by atoms with Crippen LogP contribution in [0.2, 0.25) is 0 Å². The van der Waals surface area contributed by atoms with E-state index in [0.717, 1.165) is 51.9 Å². The molecule has 0 aliphatic carbocycles. The highest BCUT2D eigenvalue weighted by atomic mass is 16.3. The molecule has 0 aromatic heterocycles. The van der Waals surface area contributed by atoms with Crippen molar-refractivity contribution >= 4 is 11.4 Å². The Hall–Kier alpha value is -2.00. The molecule has 3 heteroatoms. The van der Waals surface area contributed by atoms with Crippen LogP contribution in [0.15, 0.2) is 60.7 Å². The van der Waals surface area contributed by atoms with Crippen molar-refractivity contribution in [3.8, 4) is 0 Å². The molecular weight excluding hydrogens is 320 g/mol. The monoisotopic (exact) mass is 350 g/mol. The van der Waals surface area contributed by atoms with Crippen LogP contribution in [0.4, 0.5) is 11.4 Å². The van der Waals surface area contributed by atoms with Crippen LogP contribution in [0.5, 0.6) is 0 Å². The predicted molar refractivity (Wildman–Crippen MR) is 109 cm³/mol. The third-order valence-corrected chi connectivity index (χ3v) is 6.29. The van der Waals surface area contributed by atoms with Gasteiger partial charge in [0.2, 0.25) is 0 Å². The van der Waals surface area contributed by atoms with Gasteiger partial charge in [-0.2, -0.15) is 0 Å². The Morgan fingerprint density at radius 2 is 0.962 bits per heavy atom. The minimum Gasteiger partial charge on any atom is -0.393 e. The number of hydrogen-bond acceptors (Lipinski definition) is 3. The minimum absolute atomic E-state index is 0.133. The topological polar surface area (TPSA) is 26.7 Å². The van der Waals surface area contributed by atoms with Gasteiger partial charge < -0.3 is 14.9 Å². The Morgan fingerprint density at radius 1 is 0.615 bits per heavy atom. The Morgan fingerprint density at radius 3 is 1.31 bits per heavy atom. The smallest absolute Gasteiger partial charge is 0.0599 e. The molecule has 2 heterocycles. The molecule has 0 bridgehead atoms. The number of benzene rings is 2. The molecule has 0 radical (unpaired) electrons. The van der Waals surface area contributed by atoms with E-state index in [0.29, 0.717) is 11.8 Å². The average Bonchev–Trinajstić information content (AvgIpc) is 2.75. The van der Waals surface area contributed by atoms with Crippen molar-refractivity contribution < 1.29 is 5.11 Å². The zero-order valence-corrected chi connectivity index (χ0v) is 15.5. The second-order valence-electron chi connectivity index (χ2n) is 7.81. The Balaban J connectivity index is 1.27. The summed E-state index contributed by atoms with van der Waals surface area (Å²) in [5, 5.41) is 11.0. The first-order chi connectivity index (χ1) is 12.8. The van der Waals surface area contributed by atoms with Crippen LogP contribution < -0.4 is 9.80 Å². The lowest BCUT2D eigenvalue weighted by Gasteiger charge is -2.41. The number of hydrogen-bond donors (Lipinski definition) is 1. The average molecular weight is 351 g/mol. The molecule has 138 valence electrons. The molecule has 2 fully saturated rings. The number of nitrogens with zero attached hydrogens (tertiary/aromatic N) is 2. The molecule has 2 aliphatic rings. The van der Waals surface area contributed by atoms with Gasteiger partial charge in [-0.1, -0.05) is 36.4 Å². The molecule has 2 saturated heterocycles. The molecule has 3 nitrogen and oxygen atoms in total. The summed E-state index contributed by atoms with van der Waals surface area (Å²) in [5.41, 5.74) is 2.63. The van der Waals surface area contributed by atoms with Gasteiger partial charge in [-0.3, -0.25) is 0 Å². The number of rotatable bonds is 4. The summed E-state index contributed by atoms with van der Waals surface area (Å²) in [4.78, 5) is 4.92. The highest BCUT2D eigenvalue weighted by Gasteiger charge is 2.32. The van der Waals surface area contributed by atoms with Crippen molar-refractivity contribution in [2.24, 2.45) is 11.8 Å². The normalized spacial score (nSPS) is 19.9. The van der Waals surface area contributed by atoms with E-state index >= 15 is 0 Å². The van der Waals surface area contributed by atoms with Crippen LogP contribution in [0.3, 0.4) is 0 Å². The summed E-state index contributed by atoms with van der Waals surface area (Å²) in [6.45, 7) is 4.26. The van der Waals surface area contributed by atoms with Gasteiger partial charge in [-0.25, -0.2) is 0 Å². The van der Waals surface area contributed by atoms with E-state index in [2.05, 4.69) is 70.5 Å². The van der Waals surface area contributed by atoms with Crippen LogP contribution in [0, 0.1) is 11.8 Å². The lowest BCUT2D eigenvalue weighted by molar-refractivity contribution is 0.0291. The van der Waals surface area contributed by atoms with Gasteiger partial charge in [-0.05, 0) is 61.8 Å². The van der Waals surface area contributed by atoms with E-state index < -0.39 is 0 Å². The van der Waals surface area contributed by atoms with E-state index in [-0.39, 0.29) is 6.10 Å². The van der Waals surface area contributed by atoms with E-state index in [1.165, 1.54) is 11.4 Å². The Kier molecular flexibility index (Phi) is 5.45. The maximum Gasteiger partial charge on any atom is 0.0599 e. The summed E-state index contributed by atoms with van der Waals surface area (Å²) < 4.78 is 0. The third kappa shape index (κ3) is 3.88. The molecule has 1 N–H and O–H groups in total. The maximum atomic E-state index is 11.0. The van der Waals surface area contributed by atoms with Crippen molar-refractivity contribution in [3.63, 3.8) is 0 Å². The van der Waals surface area contributed by atoms with Crippen LogP contribution >= 0.6 is 0 Å². The first-order valence-electron chi connectivity index (χ1n) is 10.1. The number of aliphatic hydroxyl groups is 1. The highest BCUT2D eigenvalue weighted by molar-refractivity contribution is 5.47. The number of anilines is 2. The van der Waals surface area contributed by atoms with E-state index in [1.54, 1.807) is 0 Å². The van der Waals surface area contributed by atoms with Crippen LogP contribution in [-0.4, -0.2) is 37.4 Å². The van der Waals surface area contributed by atoms with Crippen LogP contribution in [-0.2, 0) is 0 Å². The largest absolute Gasteiger partial charge is 0.393 e. The first-order valence-corrected chi connectivity index (χ1v) is 10.1. The summed E-state index contributed by atoms with van der Waals surface area (Å²) in [5.74, 6) is 0.923. The number of aliphatic hydroxyl groups excluding tert-OH is 1. The van der Waals surface area contributed by atoms with Crippen molar-refractivity contribution in [1.82, 2.24) is 0 Å². The highest BCUT2D eigenvalue weighted by Crippen LogP contribution is 2.33. The summed E-state index contributed by atoms with van der Waals surface area (Å²) in [7, 11) is 0. The second kappa shape index (κ2) is 8.13. The van der Waals surface area contributed by atoms with Gasteiger partial charge in [-0.15, -0.1) is 0 Å². The van der Waals surface area contributed by atoms with Crippen molar-refractivity contribution in [1.29, 1.82) is 0 Å². The van der Waals surface area contributed by atoms with Gasteiger partial charge in [0.05, 0.1) is 6.10 Å². The molecule has 0 saturated carbocycles. The Labute approximate surface area is 157 Å². The van der Waals surface area contributed by atoms with Crippen molar-refractivity contribution in [2.75, 3.05) is 36.0 Å². The molecule has 0 atom stereocenters. The third-order valence-electron chi connectivity index (χ3n) is 6.29. The molecule has 2 aromatic rings. The second-order valence-corrected chi connectivity index (χ2v) is 7.81. The van der Waals surface area contributed by atoms with Crippen LogP contribution in [0.25, 0.3) is 0 Å². The van der Waals surface area contributed by atoms with Gasteiger partial charge in [0.15, 0.2) is 0 Å². The van der Waals surface area contributed by atoms with Gasteiger partial charge in [0.25, 0.3) is 0 Å². The fourth-order valence-electron chi connectivity index (χ4n) is 4.66. The first kappa shape index (κ1) is 17.4. The predicted octanol–water partition coefficient (Wildman–Crippen LogP) is 4.18. The molecule has 4 rings (SSSR count). The summed E-state index contributed by atoms with van der Waals surface area (Å²) in [6.07, 6.45) is 4.29. The van der Waals surface area contributed by atoms with E-state index in [9.17, 15) is 5.11 Å². The molecule has 0 spiro atoms. The fourth-order valence-corrected chi connectivity index (χ4v) is 4.66. The van der Waals surface area contributed by atoms with Crippen LogP contribution in [0.1, 0.15) is 25.7 Å².